The molecule has 0 aromatic carbocycles. The van der Waals surface area contributed by atoms with E-state index in [0.29, 0.717) is 17.8 Å². The lowest BCUT2D eigenvalue weighted by atomic mass is 10.2. The normalized spacial score (nSPS) is 10.1. The first-order chi connectivity index (χ1) is 7.65. The molecule has 5 heteroatoms. The van der Waals surface area contributed by atoms with Crippen molar-refractivity contribution in [3.05, 3.63) is 23.0 Å². The number of aromatic nitrogens is 1. The monoisotopic (exact) mass is 241 g/mol. The van der Waals surface area contributed by atoms with Gasteiger partial charge < -0.3 is 11.1 Å². The number of carbonyl (C=O) groups excluding carboxylic acids is 1. The number of nitrogen functional groups attached to an aromatic ring is 1. The summed E-state index contributed by atoms with van der Waals surface area (Å²) in [6, 6.07) is 1.53. The van der Waals surface area contributed by atoms with Crippen molar-refractivity contribution in [2.45, 2.75) is 26.2 Å². The van der Waals surface area contributed by atoms with E-state index < -0.39 is 0 Å². The molecular weight excluding hydrogens is 226 g/mol. The molecule has 0 bridgehead atoms. The van der Waals surface area contributed by atoms with Gasteiger partial charge >= 0.3 is 0 Å². The van der Waals surface area contributed by atoms with Gasteiger partial charge in [0.1, 0.15) is 5.15 Å². The van der Waals surface area contributed by atoms with Crippen molar-refractivity contribution in [3.63, 3.8) is 0 Å². The molecule has 1 rings (SSSR count). The van der Waals surface area contributed by atoms with Gasteiger partial charge in [0.25, 0.3) is 5.91 Å². The van der Waals surface area contributed by atoms with E-state index in [2.05, 4.69) is 17.2 Å². The van der Waals surface area contributed by atoms with E-state index in [9.17, 15) is 4.79 Å². The predicted molar refractivity (Wildman–Crippen MR) is 65.5 cm³/mol. The Labute approximate surface area is 100 Å². The van der Waals surface area contributed by atoms with Gasteiger partial charge in [-0.15, -0.1) is 0 Å². The van der Waals surface area contributed by atoms with E-state index in [0.717, 1.165) is 19.3 Å². The molecular formula is C11H16ClN3O. The zero-order valence-corrected chi connectivity index (χ0v) is 10.0. The van der Waals surface area contributed by atoms with Crippen molar-refractivity contribution in [3.8, 4) is 0 Å². The Bertz CT molecular complexity index is 368. The minimum absolute atomic E-state index is 0.183. The first-order valence-electron chi connectivity index (χ1n) is 5.34. The maximum absolute atomic E-state index is 11.7. The second-order valence-corrected chi connectivity index (χ2v) is 3.93. The van der Waals surface area contributed by atoms with E-state index in [1.165, 1.54) is 12.3 Å². The molecule has 0 aliphatic rings. The molecule has 1 aromatic heterocycles. The summed E-state index contributed by atoms with van der Waals surface area (Å²) in [7, 11) is 0. The van der Waals surface area contributed by atoms with Crippen molar-refractivity contribution in [1.29, 1.82) is 0 Å². The van der Waals surface area contributed by atoms with Gasteiger partial charge in [-0.2, -0.15) is 0 Å². The quantitative estimate of drug-likeness (QED) is 0.614. The van der Waals surface area contributed by atoms with Crippen LogP contribution in [-0.4, -0.2) is 17.4 Å². The fourth-order valence-electron chi connectivity index (χ4n) is 1.30. The Kier molecular flexibility index (Phi) is 5.05. The van der Waals surface area contributed by atoms with E-state index in [1.54, 1.807) is 0 Å². The van der Waals surface area contributed by atoms with E-state index in [1.807, 2.05) is 0 Å². The van der Waals surface area contributed by atoms with Crippen molar-refractivity contribution in [1.82, 2.24) is 10.3 Å². The molecule has 0 saturated heterocycles. The third-order valence-electron chi connectivity index (χ3n) is 2.17. The van der Waals surface area contributed by atoms with Gasteiger partial charge in [0, 0.05) is 6.54 Å². The number of carbonyl (C=O) groups is 1. The summed E-state index contributed by atoms with van der Waals surface area (Å²) >= 11 is 5.80. The number of unbranched alkanes of at least 4 members (excludes halogenated alkanes) is 2. The number of nitrogens with two attached hydrogens (primary N) is 1. The van der Waals surface area contributed by atoms with Crippen molar-refractivity contribution >= 4 is 23.2 Å². The smallest absolute Gasteiger partial charge is 0.254 e. The van der Waals surface area contributed by atoms with Crippen LogP contribution in [0, 0.1) is 0 Å². The SMILES string of the molecule is CCCCCNC(=O)c1cc(N)cnc1Cl. The van der Waals surface area contributed by atoms with Crippen LogP contribution in [0.3, 0.4) is 0 Å². The van der Waals surface area contributed by atoms with E-state index in [-0.39, 0.29) is 11.1 Å². The van der Waals surface area contributed by atoms with Gasteiger partial charge in [-0.1, -0.05) is 31.4 Å². The largest absolute Gasteiger partial charge is 0.397 e. The van der Waals surface area contributed by atoms with Crippen LogP contribution in [0.2, 0.25) is 5.15 Å². The first kappa shape index (κ1) is 12.8. The third kappa shape index (κ3) is 3.70. The number of hydrogen-bond acceptors (Lipinski definition) is 3. The molecule has 0 spiro atoms. The van der Waals surface area contributed by atoms with Crippen molar-refractivity contribution < 1.29 is 4.79 Å². The number of amides is 1. The molecule has 0 atom stereocenters. The molecule has 88 valence electrons. The van der Waals surface area contributed by atoms with Crippen LogP contribution in [-0.2, 0) is 0 Å². The molecule has 1 aromatic rings. The fourth-order valence-corrected chi connectivity index (χ4v) is 1.48. The molecule has 0 fully saturated rings. The van der Waals surface area contributed by atoms with Crippen LogP contribution in [0.4, 0.5) is 5.69 Å². The summed E-state index contributed by atoms with van der Waals surface area (Å²) in [5, 5.41) is 2.97. The highest BCUT2D eigenvalue weighted by Gasteiger charge is 2.10. The Morgan fingerprint density at radius 2 is 2.31 bits per heavy atom. The summed E-state index contributed by atoms with van der Waals surface area (Å²) in [6.07, 6.45) is 4.62. The predicted octanol–water partition coefficient (Wildman–Crippen LogP) is 2.24. The summed E-state index contributed by atoms with van der Waals surface area (Å²) < 4.78 is 0. The van der Waals surface area contributed by atoms with Gasteiger partial charge in [0.15, 0.2) is 0 Å². The Morgan fingerprint density at radius 3 is 3.00 bits per heavy atom. The third-order valence-corrected chi connectivity index (χ3v) is 2.47. The second-order valence-electron chi connectivity index (χ2n) is 3.57. The topological polar surface area (TPSA) is 68.0 Å². The van der Waals surface area contributed by atoms with Crippen molar-refractivity contribution in [2.24, 2.45) is 0 Å². The molecule has 1 heterocycles. The molecule has 1 amide bonds. The highest BCUT2D eigenvalue weighted by Crippen LogP contribution is 2.15. The maximum atomic E-state index is 11.7. The zero-order chi connectivity index (χ0) is 12.0. The van der Waals surface area contributed by atoms with Crippen LogP contribution in [0.5, 0.6) is 0 Å². The molecule has 0 saturated carbocycles. The number of halogens is 1. The van der Waals surface area contributed by atoms with Gasteiger partial charge in [-0.3, -0.25) is 4.79 Å². The molecule has 4 nitrogen and oxygen atoms in total. The lowest BCUT2D eigenvalue weighted by Crippen LogP contribution is -2.25. The molecule has 3 N–H and O–H groups in total. The molecule has 0 aliphatic heterocycles. The van der Waals surface area contributed by atoms with E-state index >= 15 is 0 Å². The van der Waals surface area contributed by atoms with Crippen LogP contribution in [0.25, 0.3) is 0 Å². The average Bonchev–Trinajstić information content (AvgIpc) is 2.27. The molecule has 16 heavy (non-hydrogen) atoms. The van der Waals surface area contributed by atoms with Crippen LogP contribution >= 0.6 is 11.6 Å². The molecule has 0 radical (unpaired) electrons. The van der Waals surface area contributed by atoms with Crippen LogP contribution in [0.1, 0.15) is 36.5 Å². The summed E-state index contributed by atoms with van der Waals surface area (Å²) in [4.78, 5) is 15.5. The van der Waals surface area contributed by atoms with Crippen LogP contribution < -0.4 is 11.1 Å². The lowest BCUT2D eigenvalue weighted by Gasteiger charge is -2.06. The minimum atomic E-state index is -0.221. The zero-order valence-electron chi connectivity index (χ0n) is 9.29. The van der Waals surface area contributed by atoms with Gasteiger partial charge in [-0.25, -0.2) is 4.98 Å². The van der Waals surface area contributed by atoms with Crippen molar-refractivity contribution in [2.75, 3.05) is 12.3 Å². The Hall–Kier alpha value is -1.29. The maximum Gasteiger partial charge on any atom is 0.254 e. The highest BCUT2D eigenvalue weighted by molar-refractivity contribution is 6.32. The summed E-state index contributed by atoms with van der Waals surface area (Å²) in [6.45, 7) is 2.76. The Balaban J connectivity index is 2.55. The second kappa shape index (κ2) is 6.33. The fraction of sp³-hybridized carbons (Fsp3) is 0.455. The van der Waals surface area contributed by atoms with E-state index in [4.69, 9.17) is 17.3 Å². The summed E-state index contributed by atoms with van der Waals surface area (Å²) in [5.41, 5.74) is 6.31. The lowest BCUT2D eigenvalue weighted by molar-refractivity contribution is 0.0953. The van der Waals surface area contributed by atoms with Gasteiger partial charge in [0.05, 0.1) is 17.4 Å². The Morgan fingerprint density at radius 1 is 1.56 bits per heavy atom. The number of nitrogens with one attached hydrogen (secondary N) is 1. The standard InChI is InChI=1S/C11H16ClN3O/c1-2-3-4-5-14-11(16)9-6-8(13)7-15-10(9)12/h6-7H,2-5,13H2,1H3,(H,14,16). The highest BCUT2D eigenvalue weighted by atomic mass is 35.5. The minimum Gasteiger partial charge on any atom is -0.397 e. The molecule has 0 aliphatic carbocycles. The van der Waals surface area contributed by atoms with Gasteiger partial charge in [-0.05, 0) is 12.5 Å². The molecule has 0 unspecified atom stereocenters. The number of rotatable bonds is 5. The average molecular weight is 242 g/mol. The summed E-state index contributed by atoms with van der Waals surface area (Å²) in [5.74, 6) is -0.221. The van der Waals surface area contributed by atoms with Gasteiger partial charge in [0.2, 0.25) is 0 Å². The van der Waals surface area contributed by atoms with Crippen LogP contribution in [0.15, 0.2) is 12.3 Å². The number of pyridine rings is 1. The number of nitrogens with zero attached hydrogens (tertiary/aromatic N) is 1. The number of hydrogen-bond donors (Lipinski definition) is 2. The number of anilines is 1. The first-order valence-corrected chi connectivity index (χ1v) is 5.72.